The van der Waals surface area contributed by atoms with Gasteiger partial charge in [-0.25, -0.2) is 9.78 Å². The van der Waals surface area contributed by atoms with Crippen LogP contribution in [-0.4, -0.2) is 34.7 Å². The predicted octanol–water partition coefficient (Wildman–Crippen LogP) is 3.26. The zero-order valence-corrected chi connectivity index (χ0v) is 13.3. The number of ether oxygens (including phenoxy) is 1. The number of amides is 1. The summed E-state index contributed by atoms with van der Waals surface area (Å²) in [5.41, 5.74) is 3.19. The monoisotopic (exact) mass is 294 g/mol. The molecule has 2 heterocycles. The Morgan fingerprint density at radius 2 is 2.05 bits per heavy atom. The van der Waals surface area contributed by atoms with Crippen LogP contribution < -0.4 is 0 Å². The van der Waals surface area contributed by atoms with Gasteiger partial charge in [0, 0.05) is 18.0 Å². The molecule has 1 fully saturated rings. The number of carbonyl (C=O) groups excluding carboxylic acids is 1. The maximum Gasteiger partial charge on any atom is 0.410 e. The van der Waals surface area contributed by atoms with Crippen molar-refractivity contribution in [2.24, 2.45) is 5.41 Å². The Kier molecular flexibility index (Phi) is 3.27. The maximum atomic E-state index is 12.1. The Morgan fingerprint density at radius 1 is 1.35 bits per heavy atom. The highest BCUT2D eigenvalue weighted by atomic mass is 32.1. The van der Waals surface area contributed by atoms with E-state index in [1.165, 1.54) is 10.6 Å². The lowest BCUT2D eigenvalue weighted by Crippen LogP contribution is -2.45. The van der Waals surface area contributed by atoms with E-state index in [1.807, 2.05) is 31.2 Å². The van der Waals surface area contributed by atoms with E-state index >= 15 is 0 Å². The highest BCUT2D eigenvalue weighted by Gasteiger charge is 2.42. The first kappa shape index (κ1) is 13.9. The summed E-state index contributed by atoms with van der Waals surface area (Å²) in [6.45, 7) is 7.36. The van der Waals surface area contributed by atoms with Crippen molar-refractivity contribution in [3.8, 4) is 0 Å². The van der Waals surface area contributed by atoms with Gasteiger partial charge in [-0.05, 0) is 51.9 Å². The van der Waals surface area contributed by atoms with E-state index in [-0.39, 0.29) is 6.09 Å². The van der Waals surface area contributed by atoms with Gasteiger partial charge >= 0.3 is 6.09 Å². The van der Waals surface area contributed by atoms with Gasteiger partial charge in [0.05, 0.1) is 11.2 Å². The van der Waals surface area contributed by atoms with Crippen LogP contribution in [0.3, 0.4) is 0 Å². The van der Waals surface area contributed by atoms with Crippen molar-refractivity contribution >= 4 is 17.4 Å². The van der Waals surface area contributed by atoms with Gasteiger partial charge in [0.15, 0.2) is 0 Å². The van der Waals surface area contributed by atoms with Crippen molar-refractivity contribution in [3.63, 3.8) is 0 Å². The second kappa shape index (κ2) is 4.72. The van der Waals surface area contributed by atoms with Crippen LogP contribution >= 0.6 is 11.3 Å². The molecule has 2 aliphatic rings. The molecule has 110 valence electrons. The van der Waals surface area contributed by atoms with Crippen LogP contribution in [-0.2, 0) is 17.6 Å². The zero-order chi connectivity index (χ0) is 14.4. The molecule has 0 atom stereocenters. The molecule has 0 N–H and O–H groups in total. The summed E-state index contributed by atoms with van der Waals surface area (Å²) in [5, 5.41) is 0. The number of rotatable bonds is 0. The van der Waals surface area contributed by atoms with Crippen molar-refractivity contribution in [2.75, 3.05) is 13.1 Å². The fraction of sp³-hybridized carbons (Fsp3) is 0.733. The fourth-order valence-electron chi connectivity index (χ4n) is 3.18. The van der Waals surface area contributed by atoms with Crippen LogP contribution in [0, 0.1) is 5.41 Å². The standard InChI is InChI=1S/C15H22N2O2S/c1-14(2,3)19-13(18)17-6-4-15(5-7-17)8-11-12(9-15)20-10-16-11/h10H,4-9H2,1-3H3. The second-order valence-electron chi connectivity index (χ2n) is 7.04. The van der Waals surface area contributed by atoms with Crippen LogP contribution in [0.4, 0.5) is 4.79 Å². The predicted molar refractivity (Wildman–Crippen MR) is 79.0 cm³/mol. The summed E-state index contributed by atoms with van der Waals surface area (Å²) in [7, 11) is 0. The topological polar surface area (TPSA) is 42.4 Å². The molecule has 1 saturated heterocycles. The smallest absolute Gasteiger partial charge is 0.410 e. The Balaban J connectivity index is 1.58. The molecule has 0 bridgehead atoms. The van der Waals surface area contributed by atoms with Gasteiger partial charge in [-0.1, -0.05) is 0 Å². The Morgan fingerprint density at radius 3 is 2.65 bits per heavy atom. The van der Waals surface area contributed by atoms with Crippen LogP contribution in [0.2, 0.25) is 0 Å². The number of piperidine rings is 1. The summed E-state index contributed by atoms with van der Waals surface area (Å²) in [5.74, 6) is 0. The number of carbonyl (C=O) groups is 1. The summed E-state index contributed by atoms with van der Waals surface area (Å²) in [4.78, 5) is 19.9. The molecule has 1 amide bonds. The van der Waals surface area contributed by atoms with Crippen LogP contribution in [0.25, 0.3) is 0 Å². The lowest BCUT2D eigenvalue weighted by molar-refractivity contribution is 0.0110. The molecule has 4 nitrogen and oxygen atoms in total. The highest BCUT2D eigenvalue weighted by Crippen LogP contribution is 2.45. The van der Waals surface area contributed by atoms with E-state index in [4.69, 9.17) is 4.74 Å². The molecule has 1 aromatic rings. The minimum absolute atomic E-state index is 0.168. The van der Waals surface area contributed by atoms with Crippen molar-refractivity contribution in [1.82, 2.24) is 9.88 Å². The SMILES string of the molecule is CC(C)(C)OC(=O)N1CCC2(CC1)Cc1ncsc1C2. The zero-order valence-electron chi connectivity index (χ0n) is 12.4. The van der Waals surface area contributed by atoms with Gasteiger partial charge in [0.2, 0.25) is 0 Å². The minimum Gasteiger partial charge on any atom is -0.444 e. The van der Waals surface area contributed by atoms with Crippen LogP contribution in [0.5, 0.6) is 0 Å². The first-order valence-corrected chi connectivity index (χ1v) is 8.14. The maximum absolute atomic E-state index is 12.1. The first-order chi connectivity index (χ1) is 9.37. The van der Waals surface area contributed by atoms with Crippen molar-refractivity contribution in [3.05, 3.63) is 16.1 Å². The summed E-state index contributed by atoms with van der Waals surface area (Å²) >= 11 is 1.78. The molecule has 1 aliphatic carbocycles. The van der Waals surface area contributed by atoms with E-state index in [9.17, 15) is 4.79 Å². The quantitative estimate of drug-likeness (QED) is 0.737. The number of thiazole rings is 1. The van der Waals surface area contributed by atoms with Gasteiger partial charge in [-0.15, -0.1) is 11.3 Å². The number of likely N-dealkylation sites (tertiary alicyclic amines) is 1. The van der Waals surface area contributed by atoms with E-state index in [2.05, 4.69) is 4.98 Å². The van der Waals surface area contributed by atoms with E-state index in [0.717, 1.165) is 38.8 Å². The minimum atomic E-state index is -0.409. The second-order valence-corrected chi connectivity index (χ2v) is 7.98. The third-order valence-electron chi connectivity index (χ3n) is 4.28. The third-order valence-corrected chi connectivity index (χ3v) is 5.15. The number of hydrogen-bond acceptors (Lipinski definition) is 4. The molecule has 1 aromatic heterocycles. The molecule has 1 spiro atoms. The number of nitrogens with zero attached hydrogens (tertiary/aromatic N) is 2. The van der Waals surface area contributed by atoms with Crippen LogP contribution in [0.15, 0.2) is 5.51 Å². The largest absolute Gasteiger partial charge is 0.444 e. The third kappa shape index (κ3) is 2.68. The fourth-order valence-corrected chi connectivity index (χ4v) is 4.14. The molecule has 0 radical (unpaired) electrons. The molecule has 0 unspecified atom stereocenters. The average Bonchev–Trinajstić information content (AvgIpc) is 2.86. The Hall–Kier alpha value is -1.10. The number of hydrogen-bond donors (Lipinski definition) is 0. The van der Waals surface area contributed by atoms with E-state index in [1.54, 1.807) is 11.3 Å². The Bertz CT molecular complexity index is 488. The Labute approximate surface area is 124 Å². The van der Waals surface area contributed by atoms with Crippen molar-refractivity contribution in [1.29, 1.82) is 0 Å². The average molecular weight is 294 g/mol. The molecule has 5 heteroatoms. The highest BCUT2D eigenvalue weighted by molar-refractivity contribution is 7.09. The molecular formula is C15H22N2O2S. The first-order valence-electron chi connectivity index (χ1n) is 7.26. The van der Waals surface area contributed by atoms with Gasteiger partial charge in [-0.2, -0.15) is 0 Å². The van der Waals surface area contributed by atoms with E-state index in [0.29, 0.717) is 5.41 Å². The molecule has 3 rings (SSSR count). The lowest BCUT2D eigenvalue weighted by atomic mass is 9.76. The normalized spacial score (nSPS) is 21.1. The van der Waals surface area contributed by atoms with Crippen LogP contribution in [0.1, 0.15) is 44.2 Å². The molecule has 20 heavy (non-hydrogen) atoms. The number of aromatic nitrogens is 1. The van der Waals surface area contributed by atoms with Gasteiger partial charge in [-0.3, -0.25) is 0 Å². The molecule has 0 aromatic carbocycles. The van der Waals surface area contributed by atoms with Gasteiger partial charge in [0.25, 0.3) is 0 Å². The number of fused-ring (bicyclic) bond motifs is 1. The molecule has 0 saturated carbocycles. The van der Waals surface area contributed by atoms with Gasteiger partial charge in [0.1, 0.15) is 5.60 Å². The van der Waals surface area contributed by atoms with Crippen molar-refractivity contribution in [2.45, 2.75) is 52.1 Å². The summed E-state index contributed by atoms with van der Waals surface area (Å²) in [6, 6.07) is 0. The molecular weight excluding hydrogens is 272 g/mol. The lowest BCUT2D eigenvalue weighted by Gasteiger charge is -2.39. The van der Waals surface area contributed by atoms with Gasteiger partial charge < -0.3 is 9.64 Å². The molecule has 1 aliphatic heterocycles. The summed E-state index contributed by atoms with van der Waals surface area (Å²) in [6.07, 6.45) is 4.20. The van der Waals surface area contributed by atoms with Crippen molar-refractivity contribution < 1.29 is 9.53 Å². The summed E-state index contributed by atoms with van der Waals surface area (Å²) < 4.78 is 5.45. The van der Waals surface area contributed by atoms with E-state index < -0.39 is 5.60 Å².